The molecule has 5 amide bonds. The number of amides is 5. The minimum Gasteiger partial charge on any atom is -0.356 e. The predicted molar refractivity (Wildman–Crippen MR) is 145 cm³/mol. The van der Waals surface area contributed by atoms with Gasteiger partial charge in [0.15, 0.2) is 0 Å². The fourth-order valence-electron chi connectivity index (χ4n) is 6.09. The molecule has 12 heteroatoms. The van der Waals surface area contributed by atoms with Crippen LogP contribution in [0.1, 0.15) is 56.3 Å². The zero-order valence-electron chi connectivity index (χ0n) is 22.8. The number of alkyl halides is 2. The average molecular weight is 578 g/mol. The lowest BCUT2D eigenvalue weighted by Gasteiger charge is -2.34. The highest BCUT2D eigenvalue weighted by molar-refractivity contribution is 6.29. The number of fused-ring (bicyclic) bond motifs is 1. The molecule has 218 valence electrons. The molecule has 0 bridgehead atoms. The molecule has 1 aromatic rings. The van der Waals surface area contributed by atoms with Crippen LogP contribution in [0.2, 0.25) is 0 Å². The van der Waals surface area contributed by atoms with E-state index in [4.69, 9.17) is 11.6 Å². The van der Waals surface area contributed by atoms with E-state index < -0.39 is 35.4 Å². The summed E-state index contributed by atoms with van der Waals surface area (Å²) in [5.74, 6) is -3.76. The van der Waals surface area contributed by atoms with Gasteiger partial charge in [-0.15, -0.1) is 0 Å². The molecule has 3 N–H and O–H groups in total. The van der Waals surface area contributed by atoms with Crippen molar-refractivity contribution < 1.29 is 28.4 Å². The first-order valence-electron chi connectivity index (χ1n) is 14.0. The Balaban J connectivity index is 1.56. The minimum atomic E-state index is -2.41. The monoisotopic (exact) mass is 577 g/mol. The van der Waals surface area contributed by atoms with E-state index in [1.165, 1.54) is 4.90 Å². The molecule has 1 saturated carbocycles. The number of carbonyl (C=O) groups excluding carboxylic acids is 5. The molecule has 2 heterocycles. The van der Waals surface area contributed by atoms with Crippen LogP contribution in [0.25, 0.3) is 0 Å². The van der Waals surface area contributed by atoms with Crippen LogP contribution < -0.4 is 16.1 Å². The van der Waals surface area contributed by atoms with Crippen LogP contribution in [-0.2, 0) is 19.2 Å². The second-order valence-electron chi connectivity index (χ2n) is 11.0. The van der Waals surface area contributed by atoms with Crippen LogP contribution in [-0.4, -0.2) is 76.8 Å². The second-order valence-corrected chi connectivity index (χ2v) is 11.4. The van der Waals surface area contributed by atoms with Gasteiger partial charge in [0.2, 0.25) is 11.8 Å². The maximum atomic E-state index is 14.0. The number of hydrazine groups is 1. The van der Waals surface area contributed by atoms with Gasteiger partial charge >= 0.3 is 0 Å². The highest BCUT2D eigenvalue weighted by Gasteiger charge is 2.51. The normalized spacial score (nSPS) is 25.9. The SMILES string of the molecule is CCC(C)C(NC(=O)c1ccccc1)C(=O)N1C[C@@H]2CCC[C@@H]2[C@H]1C(=O)NN(C[C@@H]1CCNC1=O)C(=O)C(F)Cl. The number of likely N-dealkylation sites (tertiary alicyclic amines) is 1. The first-order valence-corrected chi connectivity index (χ1v) is 14.4. The second kappa shape index (κ2) is 13.0. The smallest absolute Gasteiger partial charge is 0.291 e. The van der Waals surface area contributed by atoms with Gasteiger partial charge in [0.25, 0.3) is 23.4 Å². The summed E-state index contributed by atoms with van der Waals surface area (Å²) in [6.45, 7) is 4.32. The Bertz CT molecular complexity index is 1120. The quantitative estimate of drug-likeness (QED) is 0.305. The van der Waals surface area contributed by atoms with E-state index in [9.17, 15) is 28.4 Å². The zero-order chi connectivity index (χ0) is 29.0. The molecule has 3 unspecified atom stereocenters. The highest BCUT2D eigenvalue weighted by atomic mass is 35.5. The molecular formula is C28H37ClFN5O5. The first-order chi connectivity index (χ1) is 19.1. The van der Waals surface area contributed by atoms with Gasteiger partial charge < -0.3 is 15.5 Å². The molecule has 0 radical (unpaired) electrons. The molecule has 40 heavy (non-hydrogen) atoms. The van der Waals surface area contributed by atoms with Gasteiger partial charge in [0.05, 0.1) is 12.5 Å². The van der Waals surface area contributed by atoms with Gasteiger partial charge in [0, 0.05) is 18.7 Å². The third-order valence-electron chi connectivity index (χ3n) is 8.51. The van der Waals surface area contributed by atoms with Crippen LogP contribution in [0.5, 0.6) is 0 Å². The Labute approximate surface area is 238 Å². The van der Waals surface area contributed by atoms with E-state index in [2.05, 4.69) is 16.1 Å². The molecular weight excluding hydrogens is 541 g/mol. The molecule has 10 nitrogen and oxygen atoms in total. The Hall–Kier alpha value is -3.21. The van der Waals surface area contributed by atoms with Gasteiger partial charge in [0.1, 0.15) is 12.1 Å². The summed E-state index contributed by atoms with van der Waals surface area (Å²) in [6.07, 6.45) is 3.51. The largest absolute Gasteiger partial charge is 0.356 e. The lowest BCUT2D eigenvalue weighted by atomic mass is 9.93. The molecule has 1 aromatic carbocycles. The molecule has 2 aliphatic heterocycles. The van der Waals surface area contributed by atoms with Crippen molar-refractivity contribution in [3.05, 3.63) is 35.9 Å². The number of nitrogens with zero attached hydrogens (tertiary/aromatic N) is 2. The number of carbonyl (C=O) groups is 5. The van der Waals surface area contributed by atoms with E-state index in [1.54, 1.807) is 30.3 Å². The van der Waals surface area contributed by atoms with Crippen molar-refractivity contribution in [1.82, 2.24) is 26.0 Å². The molecule has 0 spiro atoms. The third-order valence-corrected chi connectivity index (χ3v) is 8.69. The van der Waals surface area contributed by atoms with Gasteiger partial charge in [-0.2, -0.15) is 0 Å². The van der Waals surface area contributed by atoms with Gasteiger partial charge in [-0.3, -0.25) is 29.4 Å². The van der Waals surface area contributed by atoms with Crippen molar-refractivity contribution in [2.24, 2.45) is 23.7 Å². The fraction of sp³-hybridized carbons (Fsp3) is 0.607. The predicted octanol–water partition coefficient (Wildman–Crippen LogP) is 1.99. The molecule has 2 saturated heterocycles. The number of halogens is 2. The molecule has 3 fully saturated rings. The zero-order valence-corrected chi connectivity index (χ0v) is 23.5. The standard InChI is InChI=1S/C28H37ClFN5O5/c1-3-16(2)21(32-25(37)17-8-5-4-6-9-17)27(39)34-14-18-10-7-11-20(18)22(34)26(38)33-35(28(40)23(29)30)15-19-12-13-31-24(19)36/h4-6,8-9,16,18-23H,3,7,10-15H2,1-2H3,(H,31,36)(H,32,37)(H,33,38)/t16?,18-,19-,20-,21?,22-,23?/m0/s1. The van der Waals surface area contributed by atoms with E-state index in [-0.39, 0.29) is 42.0 Å². The van der Waals surface area contributed by atoms with Crippen molar-refractivity contribution >= 4 is 41.1 Å². The van der Waals surface area contributed by atoms with Gasteiger partial charge in [-0.05, 0) is 49.1 Å². The topological polar surface area (TPSA) is 128 Å². The maximum absolute atomic E-state index is 14.0. The Kier molecular flexibility index (Phi) is 9.65. The van der Waals surface area contributed by atoms with Crippen LogP contribution in [0.15, 0.2) is 30.3 Å². The molecule has 4 rings (SSSR count). The lowest BCUT2D eigenvalue weighted by molar-refractivity contribution is -0.149. The molecule has 3 aliphatic rings. The van der Waals surface area contributed by atoms with E-state index in [0.29, 0.717) is 31.5 Å². The van der Waals surface area contributed by atoms with Crippen molar-refractivity contribution in [2.75, 3.05) is 19.6 Å². The Morgan fingerprint density at radius 3 is 2.52 bits per heavy atom. The number of rotatable bonds is 9. The maximum Gasteiger partial charge on any atom is 0.291 e. The summed E-state index contributed by atoms with van der Waals surface area (Å²) in [5.41, 5.74) is 0.504. The molecule has 1 aliphatic carbocycles. The summed E-state index contributed by atoms with van der Waals surface area (Å²) >= 11 is 5.43. The lowest BCUT2D eigenvalue weighted by Crippen LogP contribution is -2.60. The fourth-order valence-corrected chi connectivity index (χ4v) is 6.21. The van der Waals surface area contributed by atoms with E-state index in [1.807, 2.05) is 13.8 Å². The Morgan fingerprint density at radius 2 is 1.90 bits per heavy atom. The van der Waals surface area contributed by atoms with Crippen LogP contribution in [0, 0.1) is 23.7 Å². The first kappa shape index (κ1) is 29.8. The van der Waals surface area contributed by atoms with Crippen molar-refractivity contribution in [3.8, 4) is 0 Å². The van der Waals surface area contributed by atoms with Crippen molar-refractivity contribution in [3.63, 3.8) is 0 Å². The number of hydrogen-bond acceptors (Lipinski definition) is 5. The summed E-state index contributed by atoms with van der Waals surface area (Å²) in [4.78, 5) is 67.0. The summed E-state index contributed by atoms with van der Waals surface area (Å²) in [7, 11) is 0. The molecule has 0 aromatic heterocycles. The number of hydrogen-bond donors (Lipinski definition) is 3. The number of benzene rings is 1. The van der Waals surface area contributed by atoms with Crippen LogP contribution in [0.4, 0.5) is 4.39 Å². The van der Waals surface area contributed by atoms with Gasteiger partial charge in [-0.1, -0.05) is 56.5 Å². The average Bonchev–Trinajstić information content (AvgIpc) is 3.66. The summed E-state index contributed by atoms with van der Waals surface area (Å²) in [5, 5.41) is 6.30. The van der Waals surface area contributed by atoms with E-state index >= 15 is 0 Å². The van der Waals surface area contributed by atoms with Crippen molar-refractivity contribution in [1.29, 1.82) is 0 Å². The van der Waals surface area contributed by atoms with Crippen molar-refractivity contribution in [2.45, 2.75) is 63.7 Å². The van der Waals surface area contributed by atoms with Crippen LogP contribution >= 0.6 is 11.6 Å². The van der Waals surface area contributed by atoms with Gasteiger partial charge in [-0.25, -0.2) is 9.40 Å². The van der Waals surface area contributed by atoms with E-state index in [0.717, 1.165) is 24.3 Å². The minimum absolute atomic E-state index is 0.0915. The molecule has 7 atom stereocenters. The summed E-state index contributed by atoms with van der Waals surface area (Å²) < 4.78 is 13.9. The Morgan fingerprint density at radius 1 is 1.18 bits per heavy atom. The third kappa shape index (κ3) is 6.40. The number of nitrogens with one attached hydrogen (secondary N) is 3. The van der Waals surface area contributed by atoms with Crippen LogP contribution in [0.3, 0.4) is 0 Å². The highest BCUT2D eigenvalue weighted by Crippen LogP contribution is 2.42. The summed E-state index contributed by atoms with van der Waals surface area (Å²) in [6, 6.07) is 6.81.